The van der Waals surface area contributed by atoms with Gasteiger partial charge in [-0.1, -0.05) is 158 Å². The van der Waals surface area contributed by atoms with Crippen molar-refractivity contribution in [2.24, 2.45) is 11.8 Å². The van der Waals surface area contributed by atoms with E-state index in [-0.39, 0.29) is 18.7 Å². The zero-order valence-electron chi connectivity index (χ0n) is 28.5. The van der Waals surface area contributed by atoms with Gasteiger partial charge in [0.05, 0.1) is 0 Å². The van der Waals surface area contributed by atoms with Gasteiger partial charge in [0.15, 0.2) is 0 Å². The molecule has 44 heavy (non-hydrogen) atoms. The molecule has 3 fully saturated rings. The molecule has 1 aromatic rings. The average Bonchev–Trinajstić information content (AvgIpc) is 3.05. The molecule has 3 saturated carbocycles. The molecule has 3 aliphatic rings. The number of esters is 1. The van der Waals surface area contributed by atoms with Crippen molar-refractivity contribution in [2.45, 2.75) is 186 Å². The number of rotatable bonds is 6. The summed E-state index contributed by atoms with van der Waals surface area (Å²) in [6, 6.07) is 9.95. The van der Waals surface area contributed by atoms with Gasteiger partial charge in [-0.15, -0.1) is 0 Å². The minimum atomic E-state index is 0.0752. The minimum absolute atomic E-state index is 0.0752. The Balaban J connectivity index is 0.000000502. The molecule has 250 valence electrons. The molecular formula is C41H68O3. The maximum atomic E-state index is 13.9. The monoisotopic (exact) mass is 609 g/mol. The lowest BCUT2D eigenvalue weighted by atomic mass is 9.83. The van der Waals surface area contributed by atoms with Crippen LogP contribution in [0.25, 0.3) is 0 Å². The number of ether oxygens (including phenoxy) is 1. The molecule has 0 heterocycles. The van der Waals surface area contributed by atoms with E-state index in [0.717, 1.165) is 24.8 Å². The van der Waals surface area contributed by atoms with Crippen LogP contribution in [0.1, 0.15) is 179 Å². The predicted octanol–water partition coefficient (Wildman–Crippen LogP) is 11.9. The lowest BCUT2D eigenvalue weighted by Gasteiger charge is -2.26. The summed E-state index contributed by atoms with van der Waals surface area (Å²) >= 11 is 0. The van der Waals surface area contributed by atoms with E-state index in [1.165, 1.54) is 166 Å². The summed E-state index contributed by atoms with van der Waals surface area (Å²) in [5.41, 5.74) is 2.30. The summed E-state index contributed by atoms with van der Waals surface area (Å²) in [7, 11) is 0. The van der Waals surface area contributed by atoms with Gasteiger partial charge in [-0.2, -0.15) is 0 Å². The molecule has 0 aliphatic heterocycles. The second-order valence-corrected chi connectivity index (χ2v) is 14.2. The lowest BCUT2D eigenvalue weighted by Crippen LogP contribution is -2.24. The first kappa shape index (κ1) is 36.9. The van der Waals surface area contributed by atoms with Crippen molar-refractivity contribution in [1.29, 1.82) is 0 Å². The van der Waals surface area contributed by atoms with E-state index in [1.54, 1.807) is 0 Å². The van der Waals surface area contributed by atoms with Crippen molar-refractivity contribution < 1.29 is 14.6 Å². The summed E-state index contributed by atoms with van der Waals surface area (Å²) in [5, 5.41) is 8.52. The standard InChI is InChI=1S/C33H58O2.C8H10O/c34-33(35-31-26-20-14-8-3-9-15-21-27-31)32(30-24-18-12-6-2-7-13-19-25-30)28-29-22-16-10-4-1-5-11-17-23-29;9-7-6-8-4-2-1-3-5-8/h28-31H,1-27H2;1-5,9H,6-7H2. The van der Waals surface area contributed by atoms with Crippen molar-refractivity contribution >= 4 is 5.97 Å². The molecule has 0 atom stereocenters. The molecule has 0 bridgehead atoms. The molecule has 3 heteroatoms. The van der Waals surface area contributed by atoms with Crippen LogP contribution >= 0.6 is 0 Å². The summed E-state index contributed by atoms with van der Waals surface area (Å²) in [6.07, 6.45) is 38.6. The third kappa shape index (κ3) is 16.6. The van der Waals surface area contributed by atoms with Crippen LogP contribution in [0.5, 0.6) is 0 Å². The third-order valence-electron chi connectivity index (χ3n) is 10.4. The van der Waals surface area contributed by atoms with Crippen LogP contribution in [0.15, 0.2) is 42.0 Å². The van der Waals surface area contributed by atoms with Crippen LogP contribution in [0.3, 0.4) is 0 Å². The van der Waals surface area contributed by atoms with E-state index >= 15 is 0 Å². The summed E-state index contributed by atoms with van der Waals surface area (Å²) in [4.78, 5) is 13.9. The van der Waals surface area contributed by atoms with Crippen molar-refractivity contribution in [3.05, 3.63) is 47.5 Å². The first-order valence-corrected chi connectivity index (χ1v) is 19.3. The first-order chi connectivity index (χ1) is 21.8. The molecule has 3 aliphatic carbocycles. The lowest BCUT2D eigenvalue weighted by molar-refractivity contribution is -0.146. The average molecular weight is 609 g/mol. The van der Waals surface area contributed by atoms with Crippen LogP contribution in [0.2, 0.25) is 0 Å². The van der Waals surface area contributed by atoms with Gasteiger partial charge >= 0.3 is 5.97 Å². The van der Waals surface area contributed by atoms with Crippen LogP contribution in [-0.2, 0) is 16.0 Å². The van der Waals surface area contributed by atoms with Crippen molar-refractivity contribution in [3.63, 3.8) is 0 Å². The van der Waals surface area contributed by atoms with E-state index in [2.05, 4.69) is 6.08 Å². The van der Waals surface area contributed by atoms with Gasteiger partial charge in [-0.3, -0.25) is 0 Å². The summed E-state index contributed by atoms with van der Waals surface area (Å²) in [6.45, 7) is 0.240. The second-order valence-electron chi connectivity index (χ2n) is 14.2. The fourth-order valence-electron chi connectivity index (χ4n) is 7.64. The van der Waals surface area contributed by atoms with Gasteiger partial charge < -0.3 is 9.84 Å². The van der Waals surface area contributed by atoms with E-state index < -0.39 is 0 Å². The smallest absolute Gasteiger partial charge is 0.334 e. The van der Waals surface area contributed by atoms with Gasteiger partial charge in [0.25, 0.3) is 0 Å². The highest BCUT2D eigenvalue weighted by Crippen LogP contribution is 2.32. The number of hydrogen-bond donors (Lipinski definition) is 1. The van der Waals surface area contributed by atoms with Crippen molar-refractivity contribution in [3.8, 4) is 0 Å². The SMILES string of the molecule is O=C(OC1CCCCCCCCC1)C(=CC1CCCCCCCCC1)C1CCCCCCCCC1.OCCc1ccccc1. The molecule has 4 rings (SSSR count). The van der Waals surface area contributed by atoms with Crippen LogP contribution in [-0.4, -0.2) is 23.8 Å². The van der Waals surface area contributed by atoms with E-state index in [1.807, 2.05) is 30.3 Å². The maximum Gasteiger partial charge on any atom is 0.334 e. The van der Waals surface area contributed by atoms with Crippen LogP contribution < -0.4 is 0 Å². The largest absolute Gasteiger partial charge is 0.459 e. The van der Waals surface area contributed by atoms with E-state index in [4.69, 9.17) is 9.84 Å². The Morgan fingerprint density at radius 3 is 1.45 bits per heavy atom. The Kier molecular flexibility index (Phi) is 20.6. The highest BCUT2D eigenvalue weighted by atomic mass is 16.5. The molecule has 1 aromatic carbocycles. The number of allylic oxidation sites excluding steroid dienone is 1. The molecule has 1 N–H and O–H groups in total. The molecule has 0 unspecified atom stereocenters. The van der Waals surface area contributed by atoms with Crippen molar-refractivity contribution in [2.75, 3.05) is 6.61 Å². The van der Waals surface area contributed by atoms with Gasteiger partial charge in [0.1, 0.15) is 6.10 Å². The Hall–Kier alpha value is -1.61. The van der Waals surface area contributed by atoms with Crippen molar-refractivity contribution in [1.82, 2.24) is 0 Å². The Bertz CT molecular complexity index is 832. The maximum absolute atomic E-state index is 13.9. The summed E-state index contributed by atoms with van der Waals surface area (Å²) < 4.78 is 6.40. The zero-order chi connectivity index (χ0) is 30.9. The second kappa shape index (κ2) is 24.6. The Morgan fingerprint density at radius 2 is 1.00 bits per heavy atom. The molecular weight excluding hydrogens is 540 g/mol. The number of carbonyl (C=O) groups is 1. The highest BCUT2D eigenvalue weighted by molar-refractivity contribution is 5.89. The summed E-state index contributed by atoms with van der Waals surface area (Å²) in [5.74, 6) is 1.08. The quantitative estimate of drug-likeness (QED) is 0.258. The molecule has 0 saturated heterocycles. The van der Waals surface area contributed by atoms with Gasteiger partial charge in [0, 0.05) is 12.2 Å². The molecule has 0 amide bonds. The normalized spacial score (nSPS) is 22.2. The zero-order valence-corrected chi connectivity index (χ0v) is 28.5. The first-order valence-electron chi connectivity index (χ1n) is 19.3. The van der Waals surface area contributed by atoms with Crippen LogP contribution in [0.4, 0.5) is 0 Å². The third-order valence-corrected chi connectivity index (χ3v) is 10.4. The number of carbonyl (C=O) groups excluding carboxylic acids is 1. The fraction of sp³-hybridized carbons (Fsp3) is 0.780. The van der Waals surface area contributed by atoms with E-state index in [0.29, 0.717) is 11.8 Å². The molecule has 0 radical (unpaired) electrons. The topological polar surface area (TPSA) is 46.5 Å². The Labute approximate surface area is 272 Å². The van der Waals surface area contributed by atoms with Gasteiger partial charge in [0.2, 0.25) is 0 Å². The van der Waals surface area contributed by atoms with Gasteiger partial charge in [-0.05, 0) is 75.2 Å². The van der Waals surface area contributed by atoms with Gasteiger partial charge in [-0.25, -0.2) is 4.79 Å². The molecule has 3 nitrogen and oxygen atoms in total. The van der Waals surface area contributed by atoms with E-state index in [9.17, 15) is 4.79 Å². The number of hydrogen-bond acceptors (Lipinski definition) is 3. The Morgan fingerprint density at radius 1 is 0.591 bits per heavy atom. The molecule has 0 spiro atoms. The molecule has 0 aromatic heterocycles. The minimum Gasteiger partial charge on any atom is -0.459 e. The highest BCUT2D eigenvalue weighted by Gasteiger charge is 2.26. The number of aliphatic hydroxyl groups is 1. The fourth-order valence-corrected chi connectivity index (χ4v) is 7.64. The number of benzene rings is 1. The predicted molar refractivity (Wildman–Crippen MR) is 187 cm³/mol. The van der Waals surface area contributed by atoms with Crippen LogP contribution in [0, 0.1) is 11.8 Å². The number of aliphatic hydroxyl groups excluding tert-OH is 1.